The van der Waals surface area contributed by atoms with Crippen molar-refractivity contribution in [3.63, 3.8) is 0 Å². The molecule has 0 saturated carbocycles. The van der Waals surface area contributed by atoms with Gasteiger partial charge in [-0.15, -0.1) is 0 Å². The largest absolute Gasteiger partial charge is 0.347 e. The molecule has 0 saturated heterocycles. The first-order chi connectivity index (χ1) is 11.6. The van der Waals surface area contributed by atoms with Gasteiger partial charge in [0.25, 0.3) is 5.91 Å². The second kappa shape index (κ2) is 6.58. The van der Waals surface area contributed by atoms with Gasteiger partial charge in [-0.2, -0.15) is 0 Å². The van der Waals surface area contributed by atoms with E-state index in [1.165, 1.54) is 6.92 Å². The van der Waals surface area contributed by atoms with Crippen LogP contribution in [-0.4, -0.2) is 16.4 Å². The van der Waals surface area contributed by atoms with Crippen LogP contribution in [0, 0.1) is 0 Å². The molecular formula is C19H19N3O2. The van der Waals surface area contributed by atoms with Crippen molar-refractivity contribution in [1.82, 2.24) is 4.57 Å². The van der Waals surface area contributed by atoms with Gasteiger partial charge in [0, 0.05) is 41.9 Å². The van der Waals surface area contributed by atoms with Gasteiger partial charge < -0.3 is 15.2 Å². The monoisotopic (exact) mass is 321 g/mol. The van der Waals surface area contributed by atoms with Crippen molar-refractivity contribution in [2.45, 2.75) is 20.4 Å². The zero-order chi connectivity index (χ0) is 17.1. The zero-order valence-electron chi connectivity index (χ0n) is 13.7. The van der Waals surface area contributed by atoms with Crippen molar-refractivity contribution in [2.75, 3.05) is 10.6 Å². The van der Waals surface area contributed by atoms with Gasteiger partial charge >= 0.3 is 0 Å². The second-order valence-electron chi connectivity index (χ2n) is 5.56. The maximum absolute atomic E-state index is 12.7. The number of para-hydroxylation sites is 1. The van der Waals surface area contributed by atoms with Crippen LogP contribution >= 0.6 is 0 Å². The number of hydrogen-bond donors (Lipinski definition) is 2. The molecule has 0 bridgehead atoms. The average molecular weight is 321 g/mol. The number of carbonyl (C=O) groups excluding carboxylic acids is 2. The second-order valence-corrected chi connectivity index (χ2v) is 5.56. The van der Waals surface area contributed by atoms with Gasteiger partial charge in [-0.05, 0) is 31.2 Å². The molecule has 3 rings (SSSR count). The number of anilines is 2. The lowest BCUT2D eigenvalue weighted by molar-refractivity contribution is -0.114. The fraction of sp³-hybridized carbons (Fsp3) is 0.158. The first kappa shape index (κ1) is 15.8. The number of rotatable bonds is 4. The van der Waals surface area contributed by atoms with E-state index in [9.17, 15) is 9.59 Å². The highest BCUT2D eigenvalue weighted by atomic mass is 16.2. The number of carbonyl (C=O) groups is 2. The van der Waals surface area contributed by atoms with Gasteiger partial charge in [0.05, 0.1) is 5.56 Å². The number of fused-ring (bicyclic) bond motifs is 1. The summed E-state index contributed by atoms with van der Waals surface area (Å²) in [5.74, 6) is -0.317. The van der Waals surface area contributed by atoms with Gasteiger partial charge in [-0.1, -0.05) is 24.3 Å². The van der Waals surface area contributed by atoms with Crippen molar-refractivity contribution >= 4 is 34.1 Å². The molecule has 24 heavy (non-hydrogen) atoms. The first-order valence-electron chi connectivity index (χ1n) is 7.85. The molecule has 0 atom stereocenters. The highest BCUT2D eigenvalue weighted by Crippen LogP contribution is 2.23. The molecular weight excluding hydrogens is 302 g/mol. The summed E-state index contributed by atoms with van der Waals surface area (Å²) in [4.78, 5) is 23.8. The number of amides is 2. The van der Waals surface area contributed by atoms with E-state index in [0.29, 0.717) is 16.9 Å². The molecule has 2 N–H and O–H groups in total. The molecule has 0 radical (unpaired) electrons. The minimum atomic E-state index is -0.168. The normalized spacial score (nSPS) is 10.6. The Kier molecular flexibility index (Phi) is 4.33. The maximum Gasteiger partial charge on any atom is 0.257 e. The Morgan fingerprint density at radius 3 is 2.42 bits per heavy atom. The van der Waals surface area contributed by atoms with Gasteiger partial charge in [0.1, 0.15) is 0 Å². The summed E-state index contributed by atoms with van der Waals surface area (Å²) in [5.41, 5.74) is 2.96. The molecule has 0 fully saturated rings. The zero-order valence-corrected chi connectivity index (χ0v) is 13.7. The smallest absolute Gasteiger partial charge is 0.257 e. The Labute approximate surface area is 140 Å². The van der Waals surface area contributed by atoms with E-state index >= 15 is 0 Å². The standard InChI is InChI=1S/C19H19N3O2/c1-3-22-12-17(16-9-4-5-10-18(16)22)19(24)21-15-8-6-7-14(11-15)20-13(2)23/h4-12H,3H2,1-2H3,(H,20,23)(H,21,24). The van der Waals surface area contributed by atoms with Crippen molar-refractivity contribution in [3.8, 4) is 0 Å². The summed E-state index contributed by atoms with van der Waals surface area (Å²) >= 11 is 0. The fourth-order valence-electron chi connectivity index (χ4n) is 2.77. The van der Waals surface area contributed by atoms with Crippen molar-refractivity contribution in [3.05, 3.63) is 60.3 Å². The van der Waals surface area contributed by atoms with E-state index in [2.05, 4.69) is 15.2 Å². The summed E-state index contributed by atoms with van der Waals surface area (Å²) in [7, 11) is 0. The van der Waals surface area contributed by atoms with E-state index in [1.807, 2.05) is 37.4 Å². The fourth-order valence-corrected chi connectivity index (χ4v) is 2.77. The number of nitrogens with one attached hydrogen (secondary N) is 2. The Morgan fingerprint density at radius 2 is 1.71 bits per heavy atom. The summed E-state index contributed by atoms with van der Waals surface area (Å²) in [6.07, 6.45) is 1.87. The van der Waals surface area contributed by atoms with E-state index in [-0.39, 0.29) is 11.8 Å². The average Bonchev–Trinajstić information content (AvgIpc) is 2.93. The van der Waals surface area contributed by atoms with Crippen molar-refractivity contribution in [1.29, 1.82) is 0 Å². The molecule has 0 aliphatic rings. The van der Waals surface area contributed by atoms with Crippen LogP contribution in [0.2, 0.25) is 0 Å². The summed E-state index contributed by atoms with van der Waals surface area (Å²) in [5, 5.41) is 6.53. The van der Waals surface area contributed by atoms with Gasteiger partial charge in [-0.3, -0.25) is 9.59 Å². The van der Waals surface area contributed by atoms with Crippen LogP contribution in [0.25, 0.3) is 10.9 Å². The number of hydrogen-bond acceptors (Lipinski definition) is 2. The Morgan fingerprint density at radius 1 is 1.00 bits per heavy atom. The van der Waals surface area contributed by atoms with Crippen LogP contribution in [0.5, 0.6) is 0 Å². The SMILES string of the molecule is CCn1cc(C(=O)Nc2cccc(NC(C)=O)c2)c2ccccc21. The molecule has 5 nitrogen and oxygen atoms in total. The molecule has 0 spiro atoms. The highest BCUT2D eigenvalue weighted by molar-refractivity contribution is 6.13. The topological polar surface area (TPSA) is 63.1 Å². The predicted octanol–water partition coefficient (Wildman–Crippen LogP) is 3.87. The maximum atomic E-state index is 12.7. The third-order valence-electron chi connectivity index (χ3n) is 3.81. The molecule has 0 unspecified atom stereocenters. The van der Waals surface area contributed by atoms with Crippen LogP contribution in [0.3, 0.4) is 0 Å². The minimum Gasteiger partial charge on any atom is -0.347 e. The minimum absolute atomic E-state index is 0.149. The molecule has 0 aliphatic carbocycles. The van der Waals surface area contributed by atoms with E-state index in [0.717, 1.165) is 17.4 Å². The van der Waals surface area contributed by atoms with E-state index in [4.69, 9.17) is 0 Å². The molecule has 5 heteroatoms. The third kappa shape index (κ3) is 3.15. The molecule has 3 aromatic rings. The summed E-state index contributed by atoms with van der Waals surface area (Å²) < 4.78 is 2.05. The number of benzene rings is 2. The predicted molar refractivity (Wildman–Crippen MR) is 96.3 cm³/mol. The van der Waals surface area contributed by atoms with Gasteiger partial charge in [-0.25, -0.2) is 0 Å². The summed E-state index contributed by atoms with van der Waals surface area (Å²) in [6, 6.07) is 14.9. The van der Waals surface area contributed by atoms with Gasteiger partial charge in [0.15, 0.2) is 0 Å². The Balaban J connectivity index is 1.89. The molecule has 0 aliphatic heterocycles. The van der Waals surface area contributed by atoms with Crippen LogP contribution in [0.15, 0.2) is 54.7 Å². The quantitative estimate of drug-likeness (QED) is 0.766. The first-order valence-corrected chi connectivity index (χ1v) is 7.85. The Bertz CT molecular complexity index is 912. The molecule has 2 amide bonds. The lowest BCUT2D eigenvalue weighted by Gasteiger charge is -2.07. The number of nitrogens with zero attached hydrogens (tertiary/aromatic N) is 1. The third-order valence-corrected chi connectivity index (χ3v) is 3.81. The highest BCUT2D eigenvalue weighted by Gasteiger charge is 2.14. The molecule has 1 aromatic heterocycles. The molecule has 1 heterocycles. The number of aromatic nitrogens is 1. The van der Waals surface area contributed by atoms with Crippen LogP contribution < -0.4 is 10.6 Å². The van der Waals surface area contributed by atoms with Crippen molar-refractivity contribution < 1.29 is 9.59 Å². The Hall–Kier alpha value is -3.08. The van der Waals surface area contributed by atoms with E-state index in [1.54, 1.807) is 24.3 Å². The molecule has 122 valence electrons. The van der Waals surface area contributed by atoms with Gasteiger partial charge in [0.2, 0.25) is 5.91 Å². The van der Waals surface area contributed by atoms with E-state index < -0.39 is 0 Å². The number of aryl methyl sites for hydroxylation is 1. The van der Waals surface area contributed by atoms with Crippen LogP contribution in [0.4, 0.5) is 11.4 Å². The summed E-state index contributed by atoms with van der Waals surface area (Å²) in [6.45, 7) is 4.29. The van der Waals surface area contributed by atoms with Crippen molar-refractivity contribution in [2.24, 2.45) is 0 Å². The lowest BCUT2D eigenvalue weighted by atomic mass is 10.1. The van der Waals surface area contributed by atoms with Crippen LogP contribution in [0.1, 0.15) is 24.2 Å². The lowest BCUT2D eigenvalue weighted by Crippen LogP contribution is -2.12. The molecule has 2 aromatic carbocycles. The van der Waals surface area contributed by atoms with Crippen LogP contribution in [-0.2, 0) is 11.3 Å².